The molecule has 0 atom stereocenters. The van der Waals surface area contributed by atoms with Crippen molar-refractivity contribution >= 4 is 6.29 Å². The maximum absolute atomic E-state index is 11.1. The molecule has 2 rings (SSSR count). The number of benzene rings is 1. The number of aldehydes is 1. The van der Waals surface area contributed by atoms with Gasteiger partial charge in [0, 0.05) is 23.4 Å². The Hall–Kier alpha value is -1.90. The lowest BCUT2D eigenvalue weighted by molar-refractivity contribution is 0.112. The molecule has 1 aromatic carbocycles. The van der Waals surface area contributed by atoms with Gasteiger partial charge in [-0.25, -0.2) is 0 Å². The van der Waals surface area contributed by atoms with Crippen LogP contribution in [0.25, 0.3) is 11.3 Å². The van der Waals surface area contributed by atoms with Crippen LogP contribution in [0.2, 0.25) is 0 Å². The molecule has 0 N–H and O–H groups in total. The van der Waals surface area contributed by atoms with E-state index in [9.17, 15) is 4.79 Å². The number of carbonyl (C=O) groups excluding carboxylic acids is 1. The van der Waals surface area contributed by atoms with Gasteiger partial charge in [0.1, 0.15) is 0 Å². The summed E-state index contributed by atoms with van der Waals surface area (Å²) < 4.78 is 1.93. The van der Waals surface area contributed by atoms with Gasteiger partial charge in [-0.2, -0.15) is 5.10 Å². The number of hydrogen-bond donors (Lipinski definition) is 0. The lowest BCUT2D eigenvalue weighted by Gasteiger charge is -2.12. The zero-order chi connectivity index (χ0) is 12.4. The molecule has 0 bridgehead atoms. The minimum Gasteiger partial charge on any atom is -0.298 e. The normalized spacial score (nSPS) is 10.8. The number of rotatable bonds is 3. The van der Waals surface area contributed by atoms with Crippen LogP contribution >= 0.6 is 0 Å². The van der Waals surface area contributed by atoms with Crippen molar-refractivity contribution < 1.29 is 4.79 Å². The van der Waals surface area contributed by atoms with E-state index >= 15 is 0 Å². The molecule has 0 saturated carbocycles. The highest BCUT2D eigenvalue weighted by Crippen LogP contribution is 2.25. The first kappa shape index (κ1) is 11.6. The van der Waals surface area contributed by atoms with Gasteiger partial charge in [0.2, 0.25) is 0 Å². The Morgan fingerprint density at radius 3 is 2.71 bits per heavy atom. The average molecular weight is 228 g/mol. The fourth-order valence-corrected chi connectivity index (χ4v) is 1.93. The van der Waals surface area contributed by atoms with Crippen LogP contribution in [0.3, 0.4) is 0 Å². The number of aryl methyl sites for hydroxylation is 1. The minimum absolute atomic E-state index is 0.278. The zero-order valence-corrected chi connectivity index (χ0v) is 10.3. The van der Waals surface area contributed by atoms with Crippen LogP contribution in [0.5, 0.6) is 0 Å². The number of aromatic nitrogens is 2. The third-order valence-electron chi connectivity index (χ3n) is 2.77. The van der Waals surface area contributed by atoms with Gasteiger partial charge in [0.05, 0.1) is 5.69 Å². The fourth-order valence-electron chi connectivity index (χ4n) is 1.93. The van der Waals surface area contributed by atoms with E-state index in [1.165, 1.54) is 0 Å². The van der Waals surface area contributed by atoms with Gasteiger partial charge in [0.15, 0.2) is 6.29 Å². The smallest absolute Gasteiger partial charge is 0.150 e. The molecule has 2 aromatic rings. The van der Waals surface area contributed by atoms with E-state index < -0.39 is 0 Å². The Morgan fingerprint density at radius 1 is 1.29 bits per heavy atom. The average Bonchev–Trinajstić information content (AvgIpc) is 2.77. The van der Waals surface area contributed by atoms with E-state index in [-0.39, 0.29) is 6.04 Å². The molecule has 0 radical (unpaired) electrons. The van der Waals surface area contributed by atoms with Crippen LogP contribution in [0.4, 0.5) is 0 Å². The molecule has 17 heavy (non-hydrogen) atoms. The number of hydrogen-bond acceptors (Lipinski definition) is 2. The minimum atomic E-state index is 0.278. The predicted octanol–water partition coefficient (Wildman–Crippen LogP) is 3.25. The molecular weight excluding hydrogens is 212 g/mol. The Labute approximate surface area is 101 Å². The maximum atomic E-state index is 11.1. The summed E-state index contributed by atoms with van der Waals surface area (Å²) >= 11 is 0. The molecule has 0 aliphatic rings. The van der Waals surface area contributed by atoms with Gasteiger partial charge in [-0.05, 0) is 32.9 Å². The van der Waals surface area contributed by atoms with E-state index in [2.05, 4.69) is 18.9 Å². The highest BCUT2D eigenvalue weighted by molar-refractivity contribution is 5.86. The van der Waals surface area contributed by atoms with Crippen LogP contribution in [0.1, 0.15) is 35.8 Å². The predicted molar refractivity (Wildman–Crippen MR) is 68.2 cm³/mol. The van der Waals surface area contributed by atoms with Crippen molar-refractivity contribution in [2.45, 2.75) is 26.8 Å². The molecule has 0 unspecified atom stereocenters. The van der Waals surface area contributed by atoms with Gasteiger partial charge in [-0.1, -0.05) is 17.7 Å². The van der Waals surface area contributed by atoms with Crippen LogP contribution in [-0.2, 0) is 0 Å². The van der Waals surface area contributed by atoms with Gasteiger partial charge in [-0.3, -0.25) is 9.48 Å². The van der Waals surface area contributed by atoms with Crippen LogP contribution in [0.15, 0.2) is 30.5 Å². The summed E-state index contributed by atoms with van der Waals surface area (Å²) in [5, 5.41) is 4.30. The Bertz CT molecular complexity index is 541. The zero-order valence-electron chi connectivity index (χ0n) is 10.3. The molecule has 3 nitrogen and oxygen atoms in total. The highest BCUT2D eigenvalue weighted by Gasteiger charge is 2.11. The third kappa shape index (κ3) is 2.13. The first-order chi connectivity index (χ1) is 8.13. The van der Waals surface area contributed by atoms with Crippen LogP contribution in [-0.4, -0.2) is 16.1 Å². The largest absolute Gasteiger partial charge is 0.298 e. The SMILES string of the molecule is Cc1ccc(C=O)c(-c2ccnn2C(C)C)c1. The lowest BCUT2D eigenvalue weighted by Crippen LogP contribution is -2.05. The summed E-state index contributed by atoms with van der Waals surface area (Å²) in [4.78, 5) is 11.1. The number of nitrogens with zero attached hydrogens (tertiary/aromatic N) is 2. The maximum Gasteiger partial charge on any atom is 0.150 e. The topological polar surface area (TPSA) is 34.9 Å². The molecule has 0 aliphatic heterocycles. The van der Waals surface area contributed by atoms with Crippen molar-refractivity contribution in [2.24, 2.45) is 0 Å². The van der Waals surface area contributed by atoms with Crippen LogP contribution in [0, 0.1) is 6.92 Å². The molecule has 0 amide bonds. The lowest BCUT2D eigenvalue weighted by atomic mass is 10.0. The van der Waals surface area contributed by atoms with Crippen molar-refractivity contribution in [3.8, 4) is 11.3 Å². The first-order valence-corrected chi connectivity index (χ1v) is 5.73. The summed E-state index contributed by atoms with van der Waals surface area (Å²) in [6.07, 6.45) is 2.67. The van der Waals surface area contributed by atoms with E-state index in [4.69, 9.17) is 0 Å². The van der Waals surface area contributed by atoms with E-state index in [0.717, 1.165) is 23.1 Å². The van der Waals surface area contributed by atoms with Crippen LogP contribution < -0.4 is 0 Å². The summed E-state index contributed by atoms with van der Waals surface area (Å²) in [6, 6.07) is 8.06. The summed E-state index contributed by atoms with van der Waals surface area (Å²) in [6.45, 7) is 6.17. The molecule has 3 heteroatoms. The monoisotopic (exact) mass is 228 g/mol. The molecule has 0 saturated heterocycles. The standard InChI is InChI=1S/C14H16N2O/c1-10(2)16-14(6-7-15-16)13-8-11(3)4-5-12(13)9-17/h4-10H,1-3H3. The van der Waals surface area contributed by atoms with Crippen molar-refractivity contribution in [1.29, 1.82) is 0 Å². The summed E-state index contributed by atoms with van der Waals surface area (Å²) in [5.41, 5.74) is 3.79. The molecule has 0 spiro atoms. The molecule has 1 aromatic heterocycles. The second-order valence-corrected chi connectivity index (χ2v) is 4.46. The Morgan fingerprint density at radius 2 is 2.06 bits per heavy atom. The Balaban J connectivity index is 2.63. The van der Waals surface area contributed by atoms with Crippen molar-refractivity contribution in [3.05, 3.63) is 41.6 Å². The first-order valence-electron chi connectivity index (χ1n) is 5.73. The quantitative estimate of drug-likeness (QED) is 0.756. The molecule has 1 heterocycles. The Kier molecular flexibility index (Phi) is 3.09. The molecular formula is C14H16N2O. The second kappa shape index (κ2) is 4.53. The van der Waals surface area contributed by atoms with Gasteiger partial charge < -0.3 is 0 Å². The number of carbonyl (C=O) groups is 1. The van der Waals surface area contributed by atoms with Gasteiger partial charge in [0.25, 0.3) is 0 Å². The van der Waals surface area contributed by atoms with E-state index in [1.54, 1.807) is 6.20 Å². The molecule has 0 fully saturated rings. The highest BCUT2D eigenvalue weighted by atomic mass is 16.1. The van der Waals surface area contributed by atoms with E-state index in [1.807, 2.05) is 35.9 Å². The van der Waals surface area contributed by atoms with Crippen molar-refractivity contribution in [3.63, 3.8) is 0 Å². The summed E-state index contributed by atoms with van der Waals surface area (Å²) in [7, 11) is 0. The van der Waals surface area contributed by atoms with Crippen molar-refractivity contribution in [1.82, 2.24) is 9.78 Å². The third-order valence-corrected chi connectivity index (χ3v) is 2.77. The summed E-state index contributed by atoms with van der Waals surface area (Å²) in [5.74, 6) is 0. The van der Waals surface area contributed by atoms with E-state index in [0.29, 0.717) is 5.56 Å². The van der Waals surface area contributed by atoms with Gasteiger partial charge >= 0.3 is 0 Å². The second-order valence-electron chi connectivity index (χ2n) is 4.46. The molecule has 0 aliphatic carbocycles. The molecule has 88 valence electrons. The fraction of sp³-hybridized carbons (Fsp3) is 0.286. The van der Waals surface area contributed by atoms with Crippen molar-refractivity contribution in [2.75, 3.05) is 0 Å². The van der Waals surface area contributed by atoms with Gasteiger partial charge in [-0.15, -0.1) is 0 Å².